The zero-order chi connectivity index (χ0) is 24.9. The van der Waals surface area contributed by atoms with Crippen molar-refractivity contribution in [2.75, 3.05) is 0 Å². The molecule has 0 radical (unpaired) electrons. The van der Waals surface area contributed by atoms with Crippen LogP contribution in [0.4, 0.5) is 10.1 Å². The molecule has 1 amide bonds. The number of carbonyl (C=O) groups excluding carboxylic acids is 1. The average Bonchev–Trinajstić information content (AvgIpc) is 3.26. The maximum atomic E-state index is 13.2. The molecular formula is C23H16Cl2FN5O3S. The molecule has 8 nitrogen and oxygen atoms in total. The summed E-state index contributed by atoms with van der Waals surface area (Å²) in [5.74, 6) is 0.0151. The lowest BCUT2D eigenvalue weighted by Crippen LogP contribution is -2.24. The molecule has 0 aliphatic rings. The van der Waals surface area contributed by atoms with Gasteiger partial charge in [-0.15, -0.1) is 10.2 Å². The van der Waals surface area contributed by atoms with Gasteiger partial charge in [-0.1, -0.05) is 53.2 Å². The van der Waals surface area contributed by atoms with Crippen molar-refractivity contribution in [1.82, 2.24) is 20.1 Å². The first-order valence-electron chi connectivity index (χ1n) is 10.1. The number of amides is 1. The average molecular weight is 532 g/mol. The first kappa shape index (κ1) is 24.6. The van der Waals surface area contributed by atoms with Crippen LogP contribution in [0, 0.1) is 15.9 Å². The van der Waals surface area contributed by atoms with E-state index in [1.807, 2.05) is 0 Å². The molecule has 3 aromatic carbocycles. The number of rotatable bonds is 8. The summed E-state index contributed by atoms with van der Waals surface area (Å²) in [6.07, 6.45) is 0. The summed E-state index contributed by atoms with van der Waals surface area (Å²) in [5, 5.41) is 23.5. The minimum absolute atomic E-state index is 0.0333. The Hall–Kier alpha value is -3.47. The number of hydrogen-bond acceptors (Lipinski definition) is 6. The second kappa shape index (κ2) is 10.9. The minimum Gasteiger partial charge on any atom is -0.345 e. The molecule has 0 unspecified atom stereocenters. The molecule has 4 rings (SSSR count). The summed E-state index contributed by atoms with van der Waals surface area (Å²) >= 11 is 14.0. The fraction of sp³-hybridized carbons (Fsp3) is 0.0870. The fourth-order valence-electron chi connectivity index (χ4n) is 3.16. The zero-order valence-electron chi connectivity index (χ0n) is 17.8. The molecule has 178 valence electrons. The second-order valence-corrected chi connectivity index (χ2v) is 9.02. The lowest BCUT2D eigenvalue weighted by Gasteiger charge is -2.13. The molecule has 1 N–H and O–H groups in total. The standard InChI is InChI=1S/C23H16Cl2FN5O3S/c24-16-6-9-19(25)20(11-16)30-21(12-27-22(32)15-2-1-3-18(10-15)31(33)34)28-29-23(30)35-13-14-4-7-17(26)8-5-14/h1-11H,12-13H2,(H,27,32). The number of non-ortho nitro benzene ring substituents is 1. The molecule has 0 spiro atoms. The highest BCUT2D eigenvalue weighted by molar-refractivity contribution is 7.98. The molecule has 4 aromatic rings. The molecule has 0 saturated carbocycles. The Morgan fingerprint density at radius 2 is 1.86 bits per heavy atom. The highest BCUT2D eigenvalue weighted by atomic mass is 35.5. The first-order valence-corrected chi connectivity index (χ1v) is 11.9. The number of nitrogens with one attached hydrogen (secondary N) is 1. The molecule has 0 bridgehead atoms. The molecular weight excluding hydrogens is 516 g/mol. The number of hydrogen-bond donors (Lipinski definition) is 1. The predicted molar refractivity (Wildman–Crippen MR) is 132 cm³/mol. The van der Waals surface area contributed by atoms with Crippen LogP contribution in [-0.4, -0.2) is 25.6 Å². The van der Waals surface area contributed by atoms with E-state index in [1.165, 1.54) is 48.2 Å². The third kappa shape index (κ3) is 5.97. The van der Waals surface area contributed by atoms with E-state index in [4.69, 9.17) is 23.2 Å². The number of nitrogens with zero attached hydrogens (tertiary/aromatic N) is 4. The quantitative estimate of drug-likeness (QED) is 0.174. The summed E-state index contributed by atoms with van der Waals surface area (Å²) in [6, 6.07) is 16.5. The van der Waals surface area contributed by atoms with Gasteiger partial charge < -0.3 is 5.32 Å². The van der Waals surface area contributed by atoms with Gasteiger partial charge >= 0.3 is 0 Å². The molecule has 0 atom stereocenters. The third-order valence-corrected chi connectivity index (χ3v) is 6.41. The van der Waals surface area contributed by atoms with Gasteiger partial charge in [-0.05, 0) is 42.0 Å². The maximum absolute atomic E-state index is 13.2. The van der Waals surface area contributed by atoms with Gasteiger partial charge in [0.25, 0.3) is 11.6 Å². The van der Waals surface area contributed by atoms with Gasteiger partial charge in [0.1, 0.15) is 5.82 Å². The number of benzene rings is 3. The number of thioether (sulfide) groups is 1. The Balaban J connectivity index is 1.60. The second-order valence-electron chi connectivity index (χ2n) is 7.24. The van der Waals surface area contributed by atoms with Crippen molar-refractivity contribution in [2.45, 2.75) is 17.5 Å². The van der Waals surface area contributed by atoms with Crippen LogP contribution in [-0.2, 0) is 12.3 Å². The van der Waals surface area contributed by atoms with E-state index in [-0.39, 0.29) is 23.6 Å². The van der Waals surface area contributed by atoms with E-state index in [0.717, 1.165) is 5.56 Å². The maximum Gasteiger partial charge on any atom is 0.270 e. The summed E-state index contributed by atoms with van der Waals surface area (Å²) in [7, 11) is 0. The van der Waals surface area contributed by atoms with Crippen LogP contribution >= 0.6 is 35.0 Å². The zero-order valence-corrected chi connectivity index (χ0v) is 20.1. The number of nitro groups is 1. The predicted octanol–water partition coefficient (Wildman–Crippen LogP) is 5.84. The normalized spacial score (nSPS) is 10.8. The van der Waals surface area contributed by atoms with Crippen molar-refractivity contribution < 1.29 is 14.1 Å². The van der Waals surface area contributed by atoms with Gasteiger partial charge in [-0.2, -0.15) is 0 Å². The van der Waals surface area contributed by atoms with Crippen LogP contribution in [0.2, 0.25) is 10.0 Å². The van der Waals surface area contributed by atoms with Crippen LogP contribution in [0.25, 0.3) is 5.69 Å². The van der Waals surface area contributed by atoms with Gasteiger partial charge in [0, 0.05) is 28.5 Å². The largest absolute Gasteiger partial charge is 0.345 e. The van der Waals surface area contributed by atoms with Crippen molar-refractivity contribution >= 4 is 46.6 Å². The highest BCUT2D eigenvalue weighted by Crippen LogP contribution is 2.31. The van der Waals surface area contributed by atoms with E-state index >= 15 is 0 Å². The molecule has 0 aliphatic carbocycles. The van der Waals surface area contributed by atoms with Crippen molar-refractivity contribution in [3.8, 4) is 5.69 Å². The van der Waals surface area contributed by atoms with E-state index in [0.29, 0.717) is 32.5 Å². The summed E-state index contributed by atoms with van der Waals surface area (Å²) < 4.78 is 14.9. The molecule has 1 heterocycles. The van der Waals surface area contributed by atoms with E-state index in [1.54, 1.807) is 34.9 Å². The van der Waals surface area contributed by atoms with Crippen LogP contribution in [0.3, 0.4) is 0 Å². The van der Waals surface area contributed by atoms with Crippen LogP contribution in [0.1, 0.15) is 21.7 Å². The van der Waals surface area contributed by atoms with E-state index < -0.39 is 10.8 Å². The van der Waals surface area contributed by atoms with Crippen LogP contribution in [0.15, 0.2) is 71.9 Å². The van der Waals surface area contributed by atoms with Crippen molar-refractivity contribution in [2.24, 2.45) is 0 Å². The lowest BCUT2D eigenvalue weighted by molar-refractivity contribution is -0.384. The first-order chi connectivity index (χ1) is 16.8. The van der Waals surface area contributed by atoms with Gasteiger partial charge in [-0.3, -0.25) is 19.5 Å². The minimum atomic E-state index is -0.570. The van der Waals surface area contributed by atoms with Crippen molar-refractivity contribution in [3.63, 3.8) is 0 Å². The Kier molecular flexibility index (Phi) is 7.64. The van der Waals surface area contributed by atoms with E-state index in [9.17, 15) is 19.3 Å². The Morgan fingerprint density at radius 3 is 2.60 bits per heavy atom. The van der Waals surface area contributed by atoms with Crippen molar-refractivity contribution in [1.29, 1.82) is 0 Å². The molecule has 0 aliphatic heterocycles. The molecule has 0 saturated heterocycles. The topological polar surface area (TPSA) is 103 Å². The highest BCUT2D eigenvalue weighted by Gasteiger charge is 2.19. The van der Waals surface area contributed by atoms with Crippen LogP contribution < -0.4 is 5.32 Å². The molecule has 12 heteroatoms. The smallest absolute Gasteiger partial charge is 0.270 e. The summed E-state index contributed by atoms with van der Waals surface area (Å²) in [5.41, 5.74) is 1.34. The number of halogens is 3. The molecule has 35 heavy (non-hydrogen) atoms. The van der Waals surface area contributed by atoms with E-state index in [2.05, 4.69) is 15.5 Å². The number of carbonyl (C=O) groups is 1. The van der Waals surface area contributed by atoms with Gasteiger partial charge in [0.2, 0.25) is 0 Å². The Bertz CT molecular complexity index is 1400. The van der Waals surface area contributed by atoms with Gasteiger partial charge in [0.05, 0.1) is 22.2 Å². The Morgan fingerprint density at radius 1 is 1.09 bits per heavy atom. The monoisotopic (exact) mass is 531 g/mol. The third-order valence-electron chi connectivity index (χ3n) is 4.86. The fourth-order valence-corrected chi connectivity index (χ4v) is 4.45. The SMILES string of the molecule is O=C(NCc1nnc(SCc2ccc(F)cc2)n1-c1cc(Cl)ccc1Cl)c1cccc([N+](=O)[O-])c1. The number of nitro benzene ring substituents is 1. The molecule has 0 fully saturated rings. The van der Waals surface area contributed by atoms with Crippen LogP contribution in [0.5, 0.6) is 0 Å². The van der Waals surface area contributed by atoms with Gasteiger partial charge in [-0.25, -0.2) is 4.39 Å². The molecule has 1 aromatic heterocycles. The van der Waals surface area contributed by atoms with Gasteiger partial charge in [0.15, 0.2) is 11.0 Å². The van der Waals surface area contributed by atoms with Crippen molar-refractivity contribution in [3.05, 3.63) is 110 Å². The lowest BCUT2D eigenvalue weighted by atomic mass is 10.2. The Labute approximate surface area is 213 Å². The summed E-state index contributed by atoms with van der Waals surface area (Å²) in [6.45, 7) is -0.0333. The number of aromatic nitrogens is 3. The summed E-state index contributed by atoms with van der Waals surface area (Å²) in [4.78, 5) is 23.1.